The van der Waals surface area contributed by atoms with E-state index in [0.717, 1.165) is 13.0 Å². The summed E-state index contributed by atoms with van der Waals surface area (Å²) in [5.74, 6) is -0.402. The highest BCUT2D eigenvalue weighted by Gasteiger charge is 2.15. The first kappa shape index (κ1) is 55.6. The Morgan fingerprint density at radius 2 is 1.16 bits per heavy atom. The Kier molecular flexibility index (Phi) is 21.3. The number of aliphatic carboxylic acids is 1. The van der Waals surface area contributed by atoms with E-state index >= 15 is 0 Å². The number of halogens is 3. The van der Waals surface area contributed by atoms with Crippen molar-refractivity contribution >= 4 is 121 Å². The Bertz CT molecular complexity index is 3210. The number of nitrogen functional groups attached to an aromatic ring is 3. The number of carbonyl (C=O) groups excluding carboxylic acids is 1. The zero-order chi connectivity index (χ0) is 50.7. The number of nitro groups is 3. The number of nitro benzene ring substituents is 3. The predicted octanol–water partition coefficient (Wildman–Crippen LogP) is 11.2. The molecule has 0 bridgehead atoms. The first-order chi connectivity index (χ1) is 32.2. The lowest BCUT2D eigenvalue weighted by atomic mass is 10.2. The quantitative estimate of drug-likeness (QED) is 0.0248. The molecule has 10 N–H and O–H groups in total. The summed E-state index contributed by atoms with van der Waals surface area (Å²) in [5, 5.41) is 40.0. The van der Waals surface area contributed by atoms with Gasteiger partial charge in [0.2, 0.25) is 0 Å². The van der Waals surface area contributed by atoms with Crippen LogP contribution in [0.3, 0.4) is 0 Å². The number of carboxylic acids is 1. The molecule has 0 unspecified atom stereocenters. The normalized spacial score (nSPS) is 9.64. The second kappa shape index (κ2) is 26.5. The fraction of sp³-hybridized carbons (Fsp3) is 0.0227. The largest absolute Gasteiger partial charge is 0.481 e. The average molecular weight is 996 g/mol. The van der Waals surface area contributed by atoms with Crippen LogP contribution in [0.1, 0.15) is 22.8 Å². The number of anilines is 3. The number of benzene rings is 6. The second-order valence-electron chi connectivity index (χ2n) is 12.9. The summed E-state index contributed by atoms with van der Waals surface area (Å²) in [6.45, 7) is 21.7. The molecule has 350 valence electrons. The maximum Gasteiger partial charge on any atom is 0.300 e. The van der Waals surface area contributed by atoms with E-state index in [4.69, 9.17) is 81.6 Å². The van der Waals surface area contributed by atoms with Crippen LogP contribution >= 0.6 is 34.8 Å². The smallest absolute Gasteiger partial charge is 0.300 e. The highest BCUT2D eigenvalue weighted by molar-refractivity contribution is 6.34. The number of nitrogens with one attached hydrogen (secondary N) is 1. The lowest BCUT2D eigenvalue weighted by Gasteiger charge is -2.01. The monoisotopic (exact) mass is 994 g/mol. The molecular formula is C44H33Cl3N12O10. The van der Waals surface area contributed by atoms with Crippen molar-refractivity contribution in [1.29, 1.82) is 0 Å². The van der Waals surface area contributed by atoms with Crippen LogP contribution in [0.4, 0.5) is 56.9 Å². The summed E-state index contributed by atoms with van der Waals surface area (Å²) in [5.41, 5.74) is 22.0. The maximum atomic E-state index is 10.9. The van der Waals surface area contributed by atoms with Crippen molar-refractivity contribution in [1.82, 2.24) is 9.97 Å². The van der Waals surface area contributed by atoms with E-state index < -0.39 is 20.7 Å². The summed E-state index contributed by atoms with van der Waals surface area (Å²) >= 11 is 17.6. The van der Waals surface area contributed by atoms with Gasteiger partial charge in [-0.15, -0.1) is 0 Å². The van der Waals surface area contributed by atoms with Gasteiger partial charge in [0.1, 0.15) is 5.82 Å². The molecule has 7 aromatic rings. The zero-order valence-corrected chi connectivity index (χ0v) is 37.5. The van der Waals surface area contributed by atoms with Crippen molar-refractivity contribution < 1.29 is 34.9 Å². The van der Waals surface area contributed by atoms with Crippen LogP contribution in [-0.2, 0) is 4.79 Å². The van der Waals surface area contributed by atoms with E-state index in [9.17, 15) is 35.1 Å². The number of carboxylic acid groups (broad SMARTS) is 1. The standard InChI is InChI=1S/C14H7ClN4O2.C14H9ClN4O2.C7H4ClNO3.C7H7N3.C2H4O2.H2O/c1-16-8-2-5-12-13(6-8)18-14(17-12)10-7-9(19(20)21)3-4-11(10)15;1-17-10-2-5-13(16)14(7-10)18-8-9-6-11(19(20)21)3-4-12(9)15;8-7-3-6(9(11)12)2-1-5(7)4-10;1-10-5-2-3-6(8)7(9)4-5;1-2(3)4;/h2-7H,(H,17,18);2-8H,16H2;1-4H;2-4H,8-9H2;1H3,(H,3,4);1H2. The van der Waals surface area contributed by atoms with Gasteiger partial charge < -0.3 is 32.8 Å². The first-order valence-corrected chi connectivity index (χ1v) is 19.5. The number of hydrogen-bond donors (Lipinski definition) is 5. The summed E-state index contributed by atoms with van der Waals surface area (Å²) in [4.78, 5) is 70.8. The minimum atomic E-state index is -0.833. The van der Waals surface area contributed by atoms with Crippen molar-refractivity contribution in [3.05, 3.63) is 200 Å². The molecule has 1 aromatic heterocycles. The number of nitrogens with two attached hydrogens (primary N) is 3. The van der Waals surface area contributed by atoms with E-state index in [0.29, 0.717) is 84.1 Å². The third-order valence-electron chi connectivity index (χ3n) is 8.21. The van der Waals surface area contributed by atoms with Gasteiger partial charge in [-0.3, -0.25) is 44.9 Å². The molecule has 1 heterocycles. The van der Waals surface area contributed by atoms with Crippen molar-refractivity contribution in [2.24, 2.45) is 4.99 Å². The molecule has 0 spiro atoms. The van der Waals surface area contributed by atoms with Crippen LogP contribution in [-0.4, -0.2) is 53.8 Å². The van der Waals surface area contributed by atoms with Gasteiger partial charge in [0.25, 0.3) is 23.0 Å². The Morgan fingerprint density at radius 1 is 0.667 bits per heavy atom. The number of fused-ring (bicyclic) bond motifs is 1. The average Bonchev–Trinajstić information content (AvgIpc) is 3.74. The Morgan fingerprint density at radius 3 is 1.70 bits per heavy atom. The maximum absolute atomic E-state index is 10.9. The molecule has 0 fully saturated rings. The van der Waals surface area contributed by atoms with Crippen LogP contribution in [0.15, 0.2) is 114 Å². The minimum Gasteiger partial charge on any atom is -0.481 e. The Balaban J connectivity index is 0.000000318. The van der Waals surface area contributed by atoms with E-state index in [1.54, 1.807) is 48.5 Å². The number of rotatable bonds is 7. The van der Waals surface area contributed by atoms with Gasteiger partial charge in [0.05, 0.1) is 72.6 Å². The number of hydrogen-bond acceptors (Lipinski definition) is 13. The van der Waals surface area contributed by atoms with Gasteiger partial charge in [-0.25, -0.2) is 19.5 Å². The molecular weight excluding hydrogens is 963 g/mol. The first-order valence-electron chi connectivity index (χ1n) is 18.4. The van der Waals surface area contributed by atoms with Gasteiger partial charge in [0, 0.05) is 76.9 Å². The molecule has 7 rings (SSSR count). The van der Waals surface area contributed by atoms with Gasteiger partial charge in [-0.05, 0) is 54.6 Å². The number of carbonyl (C=O) groups is 2. The van der Waals surface area contributed by atoms with E-state index in [-0.39, 0.29) is 33.1 Å². The predicted molar refractivity (Wildman–Crippen MR) is 264 cm³/mol. The van der Waals surface area contributed by atoms with Gasteiger partial charge >= 0.3 is 0 Å². The number of aromatic nitrogens is 2. The van der Waals surface area contributed by atoms with Gasteiger partial charge in [0.15, 0.2) is 23.3 Å². The molecule has 0 aliphatic carbocycles. The molecule has 25 heteroatoms. The summed E-state index contributed by atoms with van der Waals surface area (Å²) < 4.78 is 0. The molecule has 0 amide bonds. The van der Waals surface area contributed by atoms with Crippen molar-refractivity contribution in [3.8, 4) is 11.4 Å². The molecule has 69 heavy (non-hydrogen) atoms. The topological polar surface area (TPSA) is 347 Å². The summed E-state index contributed by atoms with van der Waals surface area (Å²) in [7, 11) is 0. The van der Waals surface area contributed by atoms with E-state index in [1.165, 1.54) is 60.8 Å². The summed E-state index contributed by atoms with van der Waals surface area (Å²) in [6.07, 6.45) is 1.93. The Hall–Kier alpha value is -9.50. The number of aromatic amines is 1. The lowest BCUT2D eigenvalue weighted by molar-refractivity contribution is -0.385. The SMILES string of the molecule is CC(=O)O.O.O=Cc1ccc([N+](=O)[O-])cc1Cl.[C-]#[N+]c1ccc(N)c(N)c1.[C-]#[N+]c1ccc(N)c(N=Cc2cc([N+](=O)[O-])ccc2Cl)c1.[C-]#[N+]c1ccc2nc(-c3cc([N+](=O)[O-])ccc3Cl)[nH]c2c1. The zero-order valence-electron chi connectivity index (χ0n) is 35.2. The number of imidazole rings is 1. The third-order valence-corrected chi connectivity index (χ3v) is 9.21. The second-order valence-corrected chi connectivity index (χ2v) is 14.1. The molecule has 22 nitrogen and oxygen atoms in total. The Labute approximate surface area is 405 Å². The molecule has 0 atom stereocenters. The van der Waals surface area contributed by atoms with E-state index in [1.807, 2.05) is 0 Å². The number of H-pyrrole nitrogens is 1. The number of aldehydes is 1. The van der Waals surface area contributed by atoms with Crippen molar-refractivity contribution in [3.63, 3.8) is 0 Å². The van der Waals surface area contributed by atoms with Crippen molar-refractivity contribution in [2.45, 2.75) is 6.92 Å². The van der Waals surface area contributed by atoms with Crippen LogP contribution in [0.5, 0.6) is 0 Å². The van der Waals surface area contributed by atoms with Crippen LogP contribution < -0.4 is 17.2 Å². The van der Waals surface area contributed by atoms with Gasteiger partial charge in [-0.1, -0.05) is 53.0 Å². The fourth-order valence-electron chi connectivity index (χ4n) is 4.96. The van der Waals surface area contributed by atoms with Crippen LogP contribution in [0.2, 0.25) is 15.1 Å². The minimum absolute atomic E-state index is 0. The number of nitrogens with zero attached hydrogens (tertiary/aromatic N) is 8. The highest BCUT2D eigenvalue weighted by Crippen LogP contribution is 2.32. The summed E-state index contributed by atoms with van der Waals surface area (Å²) in [6, 6.07) is 26.5. The number of aliphatic imine (C=N–C) groups is 1. The highest BCUT2D eigenvalue weighted by atomic mass is 35.5. The molecule has 0 saturated heterocycles. The van der Waals surface area contributed by atoms with Crippen molar-refractivity contribution in [2.75, 3.05) is 17.2 Å². The molecule has 0 radical (unpaired) electrons. The van der Waals surface area contributed by atoms with E-state index in [2.05, 4.69) is 29.5 Å². The fourth-order valence-corrected chi connectivity index (χ4v) is 5.55. The molecule has 0 aliphatic rings. The number of non-ortho nitro benzene ring substituents is 3. The molecule has 6 aromatic carbocycles. The molecule has 0 aliphatic heterocycles. The molecule has 0 saturated carbocycles. The third kappa shape index (κ3) is 16.8. The van der Waals surface area contributed by atoms with Crippen LogP contribution in [0.25, 0.3) is 37.0 Å². The lowest BCUT2D eigenvalue weighted by Crippen LogP contribution is -1.92. The van der Waals surface area contributed by atoms with Gasteiger partial charge in [-0.2, -0.15) is 0 Å². The van der Waals surface area contributed by atoms with Crippen LogP contribution in [0, 0.1) is 50.1 Å².